The molecule has 3 aromatic rings. The second-order valence-corrected chi connectivity index (χ2v) is 7.95. The Morgan fingerprint density at radius 2 is 1.84 bits per heavy atom. The largest absolute Gasteiger partial charge is 0.454 e. The van der Waals surface area contributed by atoms with Gasteiger partial charge in [-0.3, -0.25) is 19.3 Å². The average molecular weight is 432 g/mol. The molecule has 0 saturated carbocycles. The van der Waals surface area contributed by atoms with Crippen molar-refractivity contribution in [2.75, 3.05) is 18.7 Å². The molecule has 154 valence electrons. The number of hydrogen-bond acceptors (Lipinski definition) is 6. The molecule has 0 radical (unpaired) electrons. The fraction of sp³-hybridized carbons (Fsp3) is 0.0870. The van der Waals surface area contributed by atoms with Gasteiger partial charge in [-0.05, 0) is 47.0 Å². The number of carbonyl (C=O) groups excluding carboxylic acids is 3. The highest BCUT2D eigenvalue weighted by molar-refractivity contribution is 8.18. The molecule has 2 aliphatic heterocycles. The summed E-state index contributed by atoms with van der Waals surface area (Å²) in [5.74, 6) is 0.279. The Kier molecular flexibility index (Phi) is 4.83. The highest BCUT2D eigenvalue weighted by Gasteiger charge is 2.36. The zero-order valence-corrected chi connectivity index (χ0v) is 17.0. The van der Waals surface area contributed by atoms with Gasteiger partial charge in [-0.2, -0.15) is 0 Å². The molecule has 2 aliphatic rings. The topological polar surface area (TPSA) is 84.9 Å². The fourth-order valence-corrected chi connectivity index (χ4v) is 4.30. The lowest BCUT2D eigenvalue weighted by Gasteiger charge is -2.13. The number of benzene rings is 3. The number of amides is 3. The highest BCUT2D eigenvalue weighted by Crippen LogP contribution is 2.36. The first-order valence-electron chi connectivity index (χ1n) is 9.51. The van der Waals surface area contributed by atoms with Crippen molar-refractivity contribution in [1.29, 1.82) is 0 Å². The summed E-state index contributed by atoms with van der Waals surface area (Å²) >= 11 is 0.807. The van der Waals surface area contributed by atoms with Crippen LogP contribution in [0.4, 0.5) is 10.5 Å². The molecule has 8 heteroatoms. The Morgan fingerprint density at radius 1 is 1.03 bits per heavy atom. The maximum atomic E-state index is 12.7. The number of imide groups is 1. The van der Waals surface area contributed by atoms with Crippen LogP contribution in [0.2, 0.25) is 0 Å². The van der Waals surface area contributed by atoms with Crippen molar-refractivity contribution < 1.29 is 23.9 Å². The van der Waals surface area contributed by atoms with Crippen molar-refractivity contribution in [3.63, 3.8) is 0 Å². The molecule has 3 amide bonds. The first kappa shape index (κ1) is 19.2. The van der Waals surface area contributed by atoms with Crippen LogP contribution in [0.15, 0.2) is 65.6 Å². The molecular weight excluding hydrogens is 416 g/mol. The standard InChI is InChI=1S/C23H16N2O5S/c26-21(24-17-7-3-5-15-4-1-2-6-16(15)17)12-25-22(27)20(31-23(25)28)11-14-8-9-18-19(10-14)30-13-29-18/h1-11H,12-13H2,(H,24,26)/b20-11+. The van der Waals surface area contributed by atoms with E-state index in [1.54, 1.807) is 30.3 Å². The number of nitrogens with zero attached hydrogens (tertiary/aromatic N) is 1. The lowest BCUT2D eigenvalue weighted by molar-refractivity contribution is -0.127. The minimum Gasteiger partial charge on any atom is -0.454 e. The van der Waals surface area contributed by atoms with Crippen LogP contribution >= 0.6 is 11.8 Å². The Balaban J connectivity index is 1.31. The Labute approximate surface area is 181 Å². The van der Waals surface area contributed by atoms with Crippen LogP contribution in [0.5, 0.6) is 11.5 Å². The van der Waals surface area contributed by atoms with Gasteiger partial charge >= 0.3 is 0 Å². The SMILES string of the molecule is O=C(CN1C(=O)S/C(=C/c2ccc3c(c2)OCO3)C1=O)Nc1cccc2ccccc12. The van der Waals surface area contributed by atoms with Gasteiger partial charge in [0.2, 0.25) is 12.7 Å². The van der Waals surface area contributed by atoms with Crippen LogP contribution < -0.4 is 14.8 Å². The number of rotatable bonds is 4. The van der Waals surface area contributed by atoms with E-state index in [1.165, 1.54) is 0 Å². The summed E-state index contributed by atoms with van der Waals surface area (Å²) in [4.78, 5) is 38.9. The molecular formula is C23H16N2O5S. The van der Waals surface area contributed by atoms with Crippen LogP contribution in [-0.4, -0.2) is 35.3 Å². The summed E-state index contributed by atoms with van der Waals surface area (Å²) in [5.41, 5.74) is 1.33. The van der Waals surface area contributed by atoms with Crippen LogP contribution in [-0.2, 0) is 9.59 Å². The normalized spacial score (nSPS) is 16.4. The van der Waals surface area contributed by atoms with Crippen molar-refractivity contribution in [3.8, 4) is 11.5 Å². The second kappa shape index (κ2) is 7.81. The van der Waals surface area contributed by atoms with Crippen molar-refractivity contribution in [2.45, 2.75) is 0 Å². The van der Waals surface area contributed by atoms with E-state index in [-0.39, 0.29) is 18.2 Å². The number of hydrogen-bond donors (Lipinski definition) is 1. The number of ether oxygens (including phenoxy) is 2. The fourth-order valence-electron chi connectivity index (χ4n) is 3.46. The van der Waals surface area contributed by atoms with E-state index in [0.717, 1.165) is 27.4 Å². The summed E-state index contributed by atoms with van der Waals surface area (Å²) in [7, 11) is 0. The summed E-state index contributed by atoms with van der Waals surface area (Å²) in [6, 6.07) is 18.5. The Hall–Kier alpha value is -3.78. The van der Waals surface area contributed by atoms with Gasteiger partial charge in [0.25, 0.3) is 11.1 Å². The number of nitrogens with one attached hydrogen (secondary N) is 1. The third-order valence-electron chi connectivity index (χ3n) is 4.93. The van der Waals surface area contributed by atoms with E-state index in [9.17, 15) is 14.4 Å². The van der Waals surface area contributed by atoms with Gasteiger partial charge in [-0.25, -0.2) is 0 Å². The quantitative estimate of drug-likeness (QED) is 0.621. The minimum atomic E-state index is -0.499. The number of thioether (sulfide) groups is 1. The predicted molar refractivity (Wildman–Crippen MR) is 118 cm³/mol. The molecule has 31 heavy (non-hydrogen) atoms. The van der Waals surface area contributed by atoms with Crippen LogP contribution in [0.1, 0.15) is 5.56 Å². The van der Waals surface area contributed by atoms with Gasteiger partial charge in [-0.15, -0.1) is 0 Å². The van der Waals surface area contributed by atoms with Gasteiger partial charge < -0.3 is 14.8 Å². The first-order valence-corrected chi connectivity index (χ1v) is 10.3. The molecule has 0 aliphatic carbocycles. The first-order chi connectivity index (χ1) is 15.1. The molecule has 0 spiro atoms. The van der Waals surface area contributed by atoms with E-state index in [4.69, 9.17) is 9.47 Å². The van der Waals surface area contributed by atoms with Gasteiger partial charge in [-0.1, -0.05) is 42.5 Å². The zero-order chi connectivity index (χ0) is 21.4. The second-order valence-electron chi connectivity index (χ2n) is 6.96. The molecule has 3 aromatic carbocycles. The maximum Gasteiger partial charge on any atom is 0.294 e. The van der Waals surface area contributed by atoms with E-state index >= 15 is 0 Å². The van der Waals surface area contributed by atoms with Gasteiger partial charge in [0.05, 0.1) is 4.91 Å². The number of fused-ring (bicyclic) bond motifs is 2. The van der Waals surface area contributed by atoms with E-state index in [1.807, 2.05) is 36.4 Å². The molecule has 1 saturated heterocycles. The summed E-state index contributed by atoms with van der Waals surface area (Å²) in [6.07, 6.45) is 1.61. The third kappa shape index (κ3) is 3.73. The average Bonchev–Trinajstić information content (AvgIpc) is 3.34. The van der Waals surface area contributed by atoms with E-state index in [0.29, 0.717) is 22.7 Å². The monoisotopic (exact) mass is 432 g/mol. The molecule has 1 N–H and O–H groups in total. The lowest BCUT2D eigenvalue weighted by atomic mass is 10.1. The van der Waals surface area contributed by atoms with Crippen molar-refractivity contribution >= 4 is 51.4 Å². The summed E-state index contributed by atoms with van der Waals surface area (Å²) in [6.45, 7) is -0.201. The number of anilines is 1. The smallest absolute Gasteiger partial charge is 0.294 e. The van der Waals surface area contributed by atoms with E-state index < -0.39 is 17.1 Å². The van der Waals surface area contributed by atoms with Crippen LogP contribution in [0, 0.1) is 0 Å². The Morgan fingerprint density at radius 3 is 2.74 bits per heavy atom. The van der Waals surface area contributed by atoms with Crippen LogP contribution in [0.25, 0.3) is 16.8 Å². The summed E-state index contributed by atoms with van der Waals surface area (Å²) < 4.78 is 10.6. The maximum absolute atomic E-state index is 12.7. The van der Waals surface area contributed by atoms with Crippen molar-refractivity contribution in [1.82, 2.24) is 4.90 Å². The van der Waals surface area contributed by atoms with Gasteiger partial charge in [0.1, 0.15) is 6.54 Å². The molecule has 0 aromatic heterocycles. The van der Waals surface area contributed by atoms with Crippen molar-refractivity contribution in [2.24, 2.45) is 0 Å². The van der Waals surface area contributed by atoms with Crippen LogP contribution in [0.3, 0.4) is 0 Å². The molecule has 7 nitrogen and oxygen atoms in total. The van der Waals surface area contributed by atoms with Crippen molar-refractivity contribution in [3.05, 3.63) is 71.1 Å². The summed E-state index contributed by atoms with van der Waals surface area (Å²) in [5, 5.41) is 4.19. The van der Waals surface area contributed by atoms with E-state index in [2.05, 4.69) is 5.32 Å². The molecule has 0 unspecified atom stereocenters. The minimum absolute atomic E-state index is 0.154. The highest BCUT2D eigenvalue weighted by atomic mass is 32.2. The molecule has 0 atom stereocenters. The molecule has 5 rings (SSSR count). The lowest BCUT2D eigenvalue weighted by Crippen LogP contribution is -2.36. The zero-order valence-electron chi connectivity index (χ0n) is 16.2. The number of carbonyl (C=O) groups is 3. The molecule has 2 heterocycles. The third-order valence-corrected chi connectivity index (χ3v) is 5.84. The predicted octanol–water partition coefficient (Wildman–Crippen LogP) is 4.24. The molecule has 0 bridgehead atoms. The van der Waals surface area contributed by atoms with Gasteiger partial charge in [0, 0.05) is 11.1 Å². The Bertz CT molecular complexity index is 1260. The molecule has 1 fully saturated rings. The van der Waals surface area contributed by atoms with Gasteiger partial charge in [0.15, 0.2) is 11.5 Å².